The highest BCUT2D eigenvalue weighted by atomic mass is 32.1. The van der Waals surface area contributed by atoms with E-state index in [1.165, 1.54) is 11.3 Å². The van der Waals surface area contributed by atoms with Crippen LogP contribution >= 0.6 is 11.3 Å². The van der Waals surface area contributed by atoms with Gasteiger partial charge in [-0.05, 0) is 11.6 Å². The summed E-state index contributed by atoms with van der Waals surface area (Å²) in [5.74, 6) is 0. The lowest BCUT2D eigenvalue weighted by atomic mass is 10.1. The highest BCUT2D eigenvalue weighted by Crippen LogP contribution is 2.33. The Bertz CT molecular complexity index is 525. The Balaban J connectivity index is 2.89. The smallest absolute Gasteiger partial charge is 0.101 e. The third-order valence-corrected chi connectivity index (χ3v) is 3.16. The number of nitrogens with zero attached hydrogens (tertiary/aromatic N) is 1. The van der Waals surface area contributed by atoms with Crippen LogP contribution in [0.1, 0.15) is 11.1 Å². The molecule has 0 atom stereocenters. The molecule has 4 heteroatoms. The molecule has 0 spiro atoms. The Morgan fingerprint density at radius 3 is 2.93 bits per heavy atom. The number of rotatable bonds is 1. The summed E-state index contributed by atoms with van der Waals surface area (Å²) >= 11 is 1.44. The summed E-state index contributed by atoms with van der Waals surface area (Å²) < 4.78 is 0.858. The number of hydrogen-bond donors (Lipinski definition) is 2. The van der Waals surface area contributed by atoms with Crippen LogP contribution in [0.3, 0.4) is 0 Å². The molecule has 0 bridgehead atoms. The summed E-state index contributed by atoms with van der Waals surface area (Å²) in [4.78, 5) is 0. The first-order chi connectivity index (χ1) is 6.77. The Hall–Kier alpha value is -1.57. The first-order valence-electron chi connectivity index (χ1n) is 4.07. The number of thiophene rings is 1. The van der Waals surface area contributed by atoms with Crippen molar-refractivity contribution < 1.29 is 5.11 Å². The maximum atomic E-state index is 9.11. The molecule has 3 N–H and O–H groups in total. The first-order valence-corrected chi connectivity index (χ1v) is 4.95. The topological polar surface area (TPSA) is 70.0 Å². The maximum absolute atomic E-state index is 9.11. The van der Waals surface area contributed by atoms with Crippen LogP contribution in [0.2, 0.25) is 0 Å². The van der Waals surface area contributed by atoms with E-state index in [0.29, 0.717) is 11.3 Å². The van der Waals surface area contributed by atoms with Crippen molar-refractivity contribution in [2.75, 3.05) is 5.73 Å². The Kier molecular flexibility index (Phi) is 2.12. The van der Waals surface area contributed by atoms with Gasteiger partial charge in [0.05, 0.1) is 22.6 Å². The highest BCUT2D eigenvalue weighted by molar-refractivity contribution is 7.18. The van der Waals surface area contributed by atoms with E-state index < -0.39 is 0 Å². The molecule has 0 saturated heterocycles. The lowest BCUT2D eigenvalue weighted by Crippen LogP contribution is -1.89. The van der Waals surface area contributed by atoms with Gasteiger partial charge in [-0.25, -0.2) is 0 Å². The highest BCUT2D eigenvalue weighted by Gasteiger charge is 2.09. The molecule has 1 aromatic carbocycles. The lowest BCUT2D eigenvalue weighted by Gasteiger charge is -2.01. The van der Waals surface area contributed by atoms with Crippen LogP contribution in [0.15, 0.2) is 17.5 Å². The van der Waals surface area contributed by atoms with Gasteiger partial charge < -0.3 is 10.8 Å². The van der Waals surface area contributed by atoms with E-state index >= 15 is 0 Å². The van der Waals surface area contributed by atoms with Crippen molar-refractivity contribution in [3.05, 3.63) is 28.6 Å². The molecule has 0 aliphatic rings. The molecule has 1 heterocycles. The standard InChI is InChI=1S/C10H8N2OS/c11-3-6-1-2-7(4-13)9-8(12)5-14-10(6)9/h1-2,5,13H,4,12H2. The van der Waals surface area contributed by atoms with Gasteiger partial charge in [-0.3, -0.25) is 0 Å². The fourth-order valence-corrected chi connectivity index (χ4v) is 2.43. The molecule has 0 aliphatic heterocycles. The number of nitrogen functional groups attached to an aromatic ring is 1. The number of aliphatic hydroxyl groups is 1. The van der Waals surface area contributed by atoms with Crippen molar-refractivity contribution in [1.29, 1.82) is 5.26 Å². The van der Waals surface area contributed by atoms with Gasteiger partial charge in [0.1, 0.15) is 6.07 Å². The van der Waals surface area contributed by atoms with Gasteiger partial charge in [0, 0.05) is 10.8 Å². The minimum atomic E-state index is -0.0524. The second kappa shape index (κ2) is 3.29. The number of fused-ring (bicyclic) bond motifs is 1. The predicted octanol–water partition coefficient (Wildman–Crippen LogP) is 1.85. The van der Waals surface area contributed by atoms with Crippen LogP contribution in [-0.2, 0) is 6.61 Å². The average Bonchev–Trinajstić information content (AvgIpc) is 2.60. The number of hydrogen-bond acceptors (Lipinski definition) is 4. The van der Waals surface area contributed by atoms with Crippen molar-refractivity contribution >= 4 is 27.1 Å². The summed E-state index contributed by atoms with van der Waals surface area (Å²) in [6, 6.07) is 5.56. The molecule has 0 aliphatic carbocycles. The average molecular weight is 204 g/mol. The lowest BCUT2D eigenvalue weighted by molar-refractivity contribution is 0.283. The van der Waals surface area contributed by atoms with Crippen molar-refractivity contribution in [1.82, 2.24) is 0 Å². The quantitative estimate of drug-likeness (QED) is 0.744. The van der Waals surface area contributed by atoms with Gasteiger partial charge in [0.15, 0.2) is 0 Å². The number of nitriles is 1. The van der Waals surface area contributed by atoms with Crippen molar-refractivity contribution in [2.45, 2.75) is 6.61 Å². The van der Waals surface area contributed by atoms with Crippen LogP contribution in [0.4, 0.5) is 5.69 Å². The second-order valence-electron chi connectivity index (χ2n) is 2.94. The Morgan fingerprint density at radius 2 is 2.29 bits per heavy atom. The molecule has 70 valence electrons. The summed E-state index contributed by atoms with van der Waals surface area (Å²) in [6.07, 6.45) is 0. The zero-order chi connectivity index (χ0) is 10.1. The monoisotopic (exact) mass is 204 g/mol. The van der Waals surface area contributed by atoms with Gasteiger partial charge in [-0.1, -0.05) is 6.07 Å². The van der Waals surface area contributed by atoms with E-state index in [2.05, 4.69) is 6.07 Å². The van der Waals surface area contributed by atoms with Gasteiger partial charge in [-0.15, -0.1) is 11.3 Å². The van der Waals surface area contributed by atoms with Crippen LogP contribution in [-0.4, -0.2) is 5.11 Å². The van der Waals surface area contributed by atoms with E-state index in [4.69, 9.17) is 16.1 Å². The van der Waals surface area contributed by atoms with Crippen molar-refractivity contribution in [2.24, 2.45) is 0 Å². The van der Waals surface area contributed by atoms with E-state index in [1.807, 2.05) is 0 Å². The second-order valence-corrected chi connectivity index (χ2v) is 3.82. The fraction of sp³-hybridized carbons (Fsp3) is 0.100. The summed E-state index contributed by atoms with van der Waals surface area (Å²) in [6.45, 7) is -0.0524. The van der Waals surface area contributed by atoms with Crippen LogP contribution in [0.5, 0.6) is 0 Å². The SMILES string of the molecule is N#Cc1ccc(CO)c2c(N)csc12. The third-order valence-electron chi connectivity index (χ3n) is 2.13. The number of nitrogens with two attached hydrogens (primary N) is 1. The largest absolute Gasteiger partial charge is 0.398 e. The molecule has 0 radical (unpaired) electrons. The van der Waals surface area contributed by atoms with E-state index in [1.54, 1.807) is 17.5 Å². The predicted molar refractivity (Wildman–Crippen MR) is 56.9 cm³/mol. The first kappa shape index (κ1) is 9.00. The Morgan fingerprint density at radius 1 is 1.50 bits per heavy atom. The van der Waals surface area contributed by atoms with E-state index in [9.17, 15) is 0 Å². The summed E-state index contributed by atoms with van der Waals surface area (Å²) in [5.41, 5.74) is 7.78. The minimum absolute atomic E-state index is 0.0524. The minimum Gasteiger partial charge on any atom is -0.398 e. The van der Waals surface area contributed by atoms with Crippen LogP contribution in [0, 0.1) is 11.3 Å². The molecular formula is C10H8N2OS. The number of benzene rings is 1. The van der Waals surface area contributed by atoms with Gasteiger partial charge in [-0.2, -0.15) is 5.26 Å². The Labute approximate surface area is 85.0 Å². The third kappa shape index (κ3) is 1.15. The molecule has 2 aromatic rings. The molecule has 0 amide bonds. The zero-order valence-corrected chi connectivity index (χ0v) is 8.14. The van der Waals surface area contributed by atoms with Crippen LogP contribution in [0.25, 0.3) is 10.1 Å². The summed E-state index contributed by atoms with van der Waals surface area (Å²) in [5, 5.41) is 20.6. The fourth-order valence-electron chi connectivity index (χ4n) is 1.46. The molecule has 14 heavy (non-hydrogen) atoms. The molecular weight excluding hydrogens is 196 g/mol. The van der Waals surface area contributed by atoms with E-state index in [-0.39, 0.29) is 6.61 Å². The van der Waals surface area contributed by atoms with Gasteiger partial charge in [0.2, 0.25) is 0 Å². The van der Waals surface area contributed by atoms with Gasteiger partial charge >= 0.3 is 0 Å². The van der Waals surface area contributed by atoms with Crippen molar-refractivity contribution in [3.8, 4) is 6.07 Å². The maximum Gasteiger partial charge on any atom is 0.101 e. The molecule has 0 fully saturated rings. The number of anilines is 1. The van der Waals surface area contributed by atoms with Crippen LogP contribution < -0.4 is 5.73 Å². The molecule has 3 nitrogen and oxygen atoms in total. The molecule has 0 saturated carbocycles. The molecule has 0 unspecified atom stereocenters. The molecule has 1 aromatic heterocycles. The van der Waals surface area contributed by atoms with E-state index in [0.717, 1.165) is 15.6 Å². The van der Waals surface area contributed by atoms with Crippen molar-refractivity contribution in [3.63, 3.8) is 0 Å². The van der Waals surface area contributed by atoms with Gasteiger partial charge in [0.25, 0.3) is 0 Å². The normalized spacial score (nSPS) is 10.3. The summed E-state index contributed by atoms with van der Waals surface area (Å²) in [7, 11) is 0. The molecule has 2 rings (SSSR count). The zero-order valence-electron chi connectivity index (χ0n) is 7.32. The number of aliphatic hydroxyl groups excluding tert-OH is 1.